The molecule has 1 aromatic heterocycles. The fraction of sp³-hybridized carbons (Fsp3) is 0.500. The summed E-state index contributed by atoms with van der Waals surface area (Å²) in [5.41, 5.74) is 0. The summed E-state index contributed by atoms with van der Waals surface area (Å²) in [6, 6.07) is 0.815. The van der Waals surface area contributed by atoms with Gasteiger partial charge in [0.2, 0.25) is 5.91 Å². The number of carbonyl (C=O) groups excluding carboxylic acids is 1. The molecular weight excluding hydrogens is 334 g/mol. The summed E-state index contributed by atoms with van der Waals surface area (Å²) in [4.78, 5) is 24.7. The zero-order valence-electron chi connectivity index (χ0n) is 10.7. The summed E-state index contributed by atoms with van der Waals surface area (Å²) < 4.78 is 16.0. The van der Waals surface area contributed by atoms with E-state index >= 15 is 0 Å². The molecule has 1 saturated heterocycles. The number of carbonyl (C=O) groups is 2. The van der Waals surface area contributed by atoms with Crippen molar-refractivity contribution in [3.63, 3.8) is 0 Å². The Morgan fingerprint density at radius 2 is 2.40 bits per heavy atom. The number of hydrogen-bond acceptors (Lipinski definition) is 5. The molecule has 1 aliphatic rings. The van der Waals surface area contributed by atoms with Crippen LogP contribution in [-0.4, -0.2) is 54.9 Å². The molecule has 1 N–H and O–H groups in total. The van der Waals surface area contributed by atoms with Crippen molar-refractivity contribution >= 4 is 27.8 Å². The summed E-state index contributed by atoms with van der Waals surface area (Å²) in [5, 5.41) is 9.28. The Hall–Kier alpha value is -1.38. The highest BCUT2D eigenvalue weighted by molar-refractivity contribution is 9.10. The highest BCUT2D eigenvalue weighted by Gasteiger charge is 2.44. The number of morpholine rings is 1. The van der Waals surface area contributed by atoms with Crippen LogP contribution in [0.4, 0.5) is 0 Å². The van der Waals surface area contributed by atoms with Crippen molar-refractivity contribution in [2.45, 2.75) is 12.1 Å². The molecule has 2 atom stereocenters. The molecule has 20 heavy (non-hydrogen) atoms. The van der Waals surface area contributed by atoms with Crippen molar-refractivity contribution in [2.75, 3.05) is 26.9 Å². The third-order valence-electron chi connectivity index (χ3n) is 3.02. The van der Waals surface area contributed by atoms with Gasteiger partial charge in [-0.3, -0.25) is 4.79 Å². The topological polar surface area (TPSA) is 89.2 Å². The van der Waals surface area contributed by atoms with Gasteiger partial charge in [0.1, 0.15) is 18.4 Å². The minimum Gasteiger partial charge on any atom is -0.479 e. The molecule has 0 aromatic carbocycles. The Balaban J connectivity index is 2.36. The van der Waals surface area contributed by atoms with Crippen LogP contribution in [0.5, 0.6) is 0 Å². The maximum atomic E-state index is 12.0. The molecule has 2 heterocycles. The Kier molecular flexibility index (Phi) is 4.79. The molecule has 0 radical (unpaired) electrons. The van der Waals surface area contributed by atoms with E-state index < -0.39 is 18.1 Å². The number of amides is 1. The molecule has 0 saturated carbocycles. The number of nitrogens with zero attached hydrogens (tertiary/aromatic N) is 1. The number of rotatable bonds is 5. The molecule has 0 bridgehead atoms. The molecule has 8 heteroatoms. The van der Waals surface area contributed by atoms with Crippen LogP contribution in [0.15, 0.2) is 21.2 Å². The van der Waals surface area contributed by atoms with Crippen LogP contribution in [0.1, 0.15) is 11.8 Å². The fourth-order valence-electron chi connectivity index (χ4n) is 2.11. The zero-order valence-corrected chi connectivity index (χ0v) is 12.3. The lowest BCUT2D eigenvalue weighted by molar-refractivity contribution is -0.175. The van der Waals surface area contributed by atoms with Gasteiger partial charge in [0.25, 0.3) is 0 Å². The van der Waals surface area contributed by atoms with Gasteiger partial charge < -0.3 is 23.9 Å². The minimum atomic E-state index is -1.17. The number of halogens is 1. The van der Waals surface area contributed by atoms with E-state index in [-0.39, 0.29) is 19.1 Å². The lowest BCUT2D eigenvalue weighted by Gasteiger charge is -2.38. The molecule has 2 unspecified atom stereocenters. The van der Waals surface area contributed by atoms with Crippen molar-refractivity contribution in [1.29, 1.82) is 0 Å². The quantitative estimate of drug-likeness (QED) is 0.855. The number of hydrogen-bond donors (Lipinski definition) is 1. The average Bonchev–Trinajstić information content (AvgIpc) is 2.82. The lowest BCUT2D eigenvalue weighted by Crippen LogP contribution is -2.52. The van der Waals surface area contributed by atoms with Crippen LogP contribution in [0.25, 0.3) is 0 Å². The molecule has 1 aromatic rings. The summed E-state index contributed by atoms with van der Waals surface area (Å²) in [5.74, 6) is -1.09. The maximum absolute atomic E-state index is 12.0. The molecule has 1 amide bonds. The van der Waals surface area contributed by atoms with Gasteiger partial charge in [0.15, 0.2) is 6.10 Å². The van der Waals surface area contributed by atoms with Crippen LogP contribution in [0.3, 0.4) is 0 Å². The second-order valence-corrected chi connectivity index (χ2v) is 5.08. The van der Waals surface area contributed by atoms with Gasteiger partial charge in [-0.1, -0.05) is 0 Å². The van der Waals surface area contributed by atoms with Crippen LogP contribution in [0.2, 0.25) is 0 Å². The number of methoxy groups -OCH3 is 1. The predicted molar refractivity (Wildman–Crippen MR) is 70.1 cm³/mol. The second kappa shape index (κ2) is 6.38. The molecule has 2 rings (SSSR count). The third-order valence-corrected chi connectivity index (χ3v) is 3.68. The number of aliphatic carboxylic acids is 1. The number of carboxylic acid groups (broad SMARTS) is 1. The SMILES string of the molecule is COCCN1C(=O)COC(C(=O)O)C1c1occc1Br. The summed E-state index contributed by atoms with van der Waals surface area (Å²) >= 11 is 3.28. The monoisotopic (exact) mass is 347 g/mol. The number of furan rings is 1. The molecule has 110 valence electrons. The highest BCUT2D eigenvalue weighted by atomic mass is 79.9. The Bertz CT molecular complexity index is 502. The molecule has 0 spiro atoms. The Labute approximate surface area is 123 Å². The Morgan fingerprint density at radius 1 is 1.65 bits per heavy atom. The zero-order chi connectivity index (χ0) is 14.7. The van der Waals surface area contributed by atoms with Crippen molar-refractivity contribution < 1.29 is 28.6 Å². The van der Waals surface area contributed by atoms with Crippen molar-refractivity contribution in [3.8, 4) is 0 Å². The van der Waals surface area contributed by atoms with Crippen LogP contribution in [-0.2, 0) is 19.1 Å². The summed E-state index contributed by atoms with van der Waals surface area (Å²) in [6.07, 6.45) is 0.248. The van der Waals surface area contributed by atoms with Gasteiger partial charge in [-0.2, -0.15) is 0 Å². The van der Waals surface area contributed by atoms with E-state index in [0.29, 0.717) is 16.8 Å². The first-order valence-corrected chi connectivity index (χ1v) is 6.71. The first-order valence-electron chi connectivity index (χ1n) is 5.92. The summed E-state index contributed by atoms with van der Waals surface area (Å²) in [6.45, 7) is 0.294. The van der Waals surface area contributed by atoms with Crippen molar-refractivity contribution in [2.24, 2.45) is 0 Å². The van der Waals surface area contributed by atoms with Crippen molar-refractivity contribution in [3.05, 3.63) is 22.6 Å². The van der Waals surface area contributed by atoms with Gasteiger partial charge in [0.05, 0.1) is 17.3 Å². The van der Waals surface area contributed by atoms with Gasteiger partial charge in [0, 0.05) is 13.7 Å². The summed E-state index contributed by atoms with van der Waals surface area (Å²) in [7, 11) is 1.51. The van der Waals surface area contributed by atoms with E-state index in [2.05, 4.69) is 15.9 Å². The minimum absolute atomic E-state index is 0.264. The molecule has 0 aliphatic carbocycles. The van der Waals surface area contributed by atoms with Gasteiger partial charge in [-0.15, -0.1) is 0 Å². The van der Waals surface area contributed by atoms with E-state index in [1.165, 1.54) is 18.3 Å². The fourth-order valence-corrected chi connectivity index (χ4v) is 2.54. The normalized spacial score (nSPS) is 23.1. The van der Waals surface area contributed by atoms with E-state index in [1.807, 2.05) is 0 Å². The van der Waals surface area contributed by atoms with Gasteiger partial charge >= 0.3 is 5.97 Å². The standard InChI is InChI=1S/C12H14BrNO6/c1-18-5-3-14-8(15)6-20-11(12(16)17)9(14)10-7(13)2-4-19-10/h2,4,9,11H,3,5-6H2,1H3,(H,16,17). The first-order chi connectivity index (χ1) is 9.56. The maximum Gasteiger partial charge on any atom is 0.335 e. The largest absolute Gasteiger partial charge is 0.479 e. The van der Waals surface area contributed by atoms with Crippen LogP contribution >= 0.6 is 15.9 Å². The smallest absolute Gasteiger partial charge is 0.335 e. The van der Waals surface area contributed by atoms with E-state index in [0.717, 1.165) is 0 Å². The number of ether oxygens (including phenoxy) is 2. The number of carboxylic acids is 1. The predicted octanol–water partition coefficient (Wildman–Crippen LogP) is 1.04. The van der Waals surface area contributed by atoms with E-state index in [1.54, 1.807) is 6.07 Å². The molecule has 7 nitrogen and oxygen atoms in total. The van der Waals surface area contributed by atoms with E-state index in [9.17, 15) is 14.7 Å². The first kappa shape index (κ1) is 15.0. The molecule has 1 fully saturated rings. The van der Waals surface area contributed by atoms with E-state index in [4.69, 9.17) is 13.9 Å². The average molecular weight is 348 g/mol. The lowest BCUT2D eigenvalue weighted by atomic mass is 10.0. The van der Waals surface area contributed by atoms with Gasteiger partial charge in [-0.25, -0.2) is 4.79 Å². The van der Waals surface area contributed by atoms with Crippen molar-refractivity contribution in [1.82, 2.24) is 4.90 Å². The van der Waals surface area contributed by atoms with Crippen LogP contribution in [0, 0.1) is 0 Å². The van der Waals surface area contributed by atoms with Gasteiger partial charge in [-0.05, 0) is 22.0 Å². The third kappa shape index (κ3) is 2.87. The molecule has 1 aliphatic heterocycles. The highest BCUT2D eigenvalue weighted by Crippen LogP contribution is 2.35. The second-order valence-electron chi connectivity index (χ2n) is 4.23. The molecular formula is C12H14BrNO6. The van der Waals surface area contributed by atoms with Crippen LogP contribution < -0.4 is 0 Å². The Morgan fingerprint density at radius 3 is 2.95 bits per heavy atom.